The fraction of sp³-hybridized carbons (Fsp3) is 0.600. The van der Waals surface area contributed by atoms with Gasteiger partial charge in [-0.1, -0.05) is 0 Å². The number of rotatable bonds is 7. The Bertz CT molecular complexity index is 451. The fourth-order valence-electron chi connectivity index (χ4n) is 1.53. The zero-order chi connectivity index (χ0) is 14.5. The fourth-order valence-corrected chi connectivity index (χ4v) is 1.53. The third-order valence-corrected chi connectivity index (χ3v) is 2.36. The zero-order valence-corrected chi connectivity index (χ0v) is 11.1. The van der Waals surface area contributed by atoms with Gasteiger partial charge in [0.05, 0.1) is 10.5 Å². The van der Waals surface area contributed by atoms with Gasteiger partial charge in [-0.15, -0.1) is 0 Å². The van der Waals surface area contributed by atoms with Crippen LogP contribution in [0.4, 0.5) is 17.3 Å². The highest BCUT2D eigenvalue weighted by Crippen LogP contribution is 2.28. The standard InChI is InChI=1S/C10H18N6O3/c1-4-19-10(2,3)5-12-8-7(16(17)18)9(15-11)14-6-13-8/h6H,4-5,11H2,1-3H3,(H2,12,13,14,15). The first kappa shape index (κ1) is 15.1. The van der Waals surface area contributed by atoms with E-state index >= 15 is 0 Å². The molecule has 0 amide bonds. The molecule has 0 radical (unpaired) electrons. The molecular weight excluding hydrogens is 252 g/mol. The van der Waals surface area contributed by atoms with E-state index in [1.165, 1.54) is 6.33 Å². The molecule has 0 bridgehead atoms. The van der Waals surface area contributed by atoms with Crippen LogP contribution in [-0.2, 0) is 4.74 Å². The molecule has 1 aromatic rings. The number of aromatic nitrogens is 2. The molecule has 9 nitrogen and oxygen atoms in total. The van der Waals surface area contributed by atoms with Crippen molar-refractivity contribution in [3.63, 3.8) is 0 Å². The molecule has 0 spiro atoms. The average molecular weight is 270 g/mol. The number of nitrogens with two attached hydrogens (primary N) is 1. The van der Waals surface area contributed by atoms with Crippen molar-refractivity contribution in [1.29, 1.82) is 0 Å². The van der Waals surface area contributed by atoms with E-state index in [0.717, 1.165) is 0 Å². The maximum atomic E-state index is 11.0. The SMILES string of the molecule is CCOC(C)(C)CNc1ncnc(NN)c1[N+](=O)[O-]. The lowest BCUT2D eigenvalue weighted by atomic mass is 10.1. The van der Waals surface area contributed by atoms with Gasteiger partial charge in [0.2, 0.25) is 11.6 Å². The predicted octanol–water partition coefficient (Wildman–Crippen LogP) is 0.897. The molecule has 0 unspecified atom stereocenters. The highest BCUT2D eigenvalue weighted by atomic mass is 16.6. The number of hydrazine groups is 1. The zero-order valence-electron chi connectivity index (χ0n) is 11.1. The van der Waals surface area contributed by atoms with Gasteiger partial charge >= 0.3 is 5.69 Å². The summed E-state index contributed by atoms with van der Waals surface area (Å²) < 4.78 is 5.49. The molecule has 106 valence electrons. The van der Waals surface area contributed by atoms with Crippen LogP contribution in [0.25, 0.3) is 0 Å². The van der Waals surface area contributed by atoms with Crippen LogP contribution in [0.5, 0.6) is 0 Å². The molecule has 0 aliphatic rings. The van der Waals surface area contributed by atoms with E-state index in [1.54, 1.807) is 0 Å². The van der Waals surface area contributed by atoms with Gasteiger partial charge in [0.15, 0.2) is 0 Å². The summed E-state index contributed by atoms with van der Waals surface area (Å²) in [6.45, 7) is 6.54. The minimum absolute atomic E-state index is 0.0447. The van der Waals surface area contributed by atoms with Crippen molar-refractivity contribution in [2.24, 2.45) is 5.84 Å². The Balaban J connectivity index is 2.92. The first-order valence-electron chi connectivity index (χ1n) is 5.75. The first-order valence-corrected chi connectivity index (χ1v) is 5.75. The van der Waals surface area contributed by atoms with Crippen LogP contribution in [0.1, 0.15) is 20.8 Å². The average Bonchev–Trinajstić information content (AvgIpc) is 2.35. The molecule has 0 saturated carbocycles. The molecule has 1 aromatic heterocycles. The van der Waals surface area contributed by atoms with Crippen molar-refractivity contribution in [1.82, 2.24) is 9.97 Å². The molecule has 0 atom stereocenters. The highest BCUT2D eigenvalue weighted by molar-refractivity contribution is 5.68. The molecule has 9 heteroatoms. The van der Waals surface area contributed by atoms with Gasteiger partial charge in [-0.05, 0) is 20.8 Å². The highest BCUT2D eigenvalue weighted by Gasteiger charge is 2.25. The van der Waals surface area contributed by atoms with Crippen molar-refractivity contribution in [3.8, 4) is 0 Å². The number of nitrogens with zero attached hydrogens (tertiary/aromatic N) is 3. The molecule has 19 heavy (non-hydrogen) atoms. The van der Waals surface area contributed by atoms with E-state index in [2.05, 4.69) is 20.7 Å². The molecule has 0 aliphatic carbocycles. The molecule has 4 N–H and O–H groups in total. The molecule has 0 saturated heterocycles. The summed E-state index contributed by atoms with van der Waals surface area (Å²) in [5.41, 5.74) is 1.41. The van der Waals surface area contributed by atoms with E-state index in [4.69, 9.17) is 10.6 Å². The number of anilines is 2. The van der Waals surface area contributed by atoms with Gasteiger partial charge in [-0.3, -0.25) is 10.1 Å². The topological polar surface area (TPSA) is 128 Å². The minimum Gasteiger partial charge on any atom is -0.374 e. The van der Waals surface area contributed by atoms with E-state index in [0.29, 0.717) is 13.2 Å². The summed E-state index contributed by atoms with van der Waals surface area (Å²) in [6, 6.07) is 0. The third kappa shape index (κ3) is 4.00. The molecule has 0 fully saturated rings. The second kappa shape index (κ2) is 6.25. The molecule has 0 aromatic carbocycles. The van der Waals surface area contributed by atoms with Crippen molar-refractivity contribution >= 4 is 17.3 Å². The summed E-state index contributed by atoms with van der Waals surface area (Å²) in [7, 11) is 0. The van der Waals surface area contributed by atoms with Crippen LogP contribution >= 0.6 is 0 Å². The monoisotopic (exact) mass is 270 g/mol. The van der Waals surface area contributed by atoms with E-state index in [9.17, 15) is 10.1 Å². The molecule has 1 heterocycles. The van der Waals surface area contributed by atoms with Crippen LogP contribution in [0, 0.1) is 10.1 Å². The summed E-state index contributed by atoms with van der Waals surface area (Å²) in [5.74, 6) is 5.24. The number of ether oxygens (including phenoxy) is 1. The third-order valence-electron chi connectivity index (χ3n) is 2.36. The van der Waals surface area contributed by atoms with Gasteiger partial charge in [0, 0.05) is 13.2 Å². The van der Waals surface area contributed by atoms with Gasteiger partial charge in [-0.25, -0.2) is 15.8 Å². The van der Waals surface area contributed by atoms with E-state index in [-0.39, 0.29) is 17.3 Å². The minimum atomic E-state index is -0.592. The Hall–Kier alpha value is -2.00. The largest absolute Gasteiger partial charge is 0.374 e. The number of hydrogen-bond acceptors (Lipinski definition) is 8. The second-order valence-electron chi connectivity index (χ2n) is 4.37. The van der Waals surface area contributed by atoms with E-state index in [1.807, 2.05) is 20.8 Å². The molecular formula is C10H18N6O3. The van der Waals surface area contributed by atoms with Crippen molar-refractivity contribution in [3.05, 3.63) is 16.4 Å². The Labute approximate surface area is 110 Å². The van der Waals surface area contributed by atoms with Crippen LogP contribution < -0.4 is 16.6 Å². The molecule has 1 rings (SSSR count). The van der Waals surface area contributed by atoms with Crippen LogP contribution in [0.2, 0.25) is 0 Å². The number of nitro groups is 1. The van der Waals surface area contributed by atoms with Crippen molar-refractivity contribution in [2.45, 2.75) is 26.4 Å². The Morgan fingerprint density at radius 1 is 1.47 bits per heavy atom. The van der Waals surface area contributed by atoms with E-state index < -0.39 is 10.5 Å². The number of hydrogen-bond donors (Lipinski definition) is 3. The van der Waals surface area contributed by atoms with Gasteiger partial charge in [0.25, 0.3) is 0 Å². The van der Waals surface area contributed by atoms with Gasteiger partial charge in [-0.2, -0.15) is 0 Å². The van der Waals surface area contributed by atoms with Crippen LogP contribution in [0.15, 0.2) is 6.33 Å². The smallest absolute Gasteiger partial charge is 0.354 e. The Kier molecular flexibility index (Phi) is 4.95. The quantitative estimate of drug-likeness (QED) is 0.378. The Morgan fingerprint density at radius 3 is 2.63 bits per heavy atom. The maximum absolute atomic E-state index is 11.0. The lowest BCUT2D eigenvalue weighted by Crippen LogP contribution is -2.33. The van der Waals surface area contributed by atoms with Crippen molar-refractivity contribution < 1.29 is 9.66 Å². The van der Waals surface area contributed by atoms with Crippen molar-refractivity contribution in [2.75, 3.05) is 23.9 Å². The summed E-state index contributed by atoms with van der Waals surface area (Å²) in [6.07, 6.45) is 1.19. The molecule has 0 aliphatic heterocycles. The first-order chi connectivity index (χ1) is 8.91. The summed E-state index contributed by atoms with van der Waals surface area (Å²) in [5, 5.41) is 13.9. The van der Waals surface area contributed by atoms with Gasteiger partial charge < -0.3 is 15.5 Å². The second-order valence-corrected chi connectivity index (χ2v) is 4.37. The van der Waals surface area contributed by atoms with Crippen LogP contribution in [0.3, 0.4) is 0 Å². The predicted molar refractivity (Wildman–Crippen MR) is 70.7 cm³/mol. The number of nitrogens with one attached hydrogen (secondary N) is 2. The number of nitrogen functional groups attached to an aromatic ring is 1. The van der Waals surface area contributed by atoms with Gasteiger partial charge in [0.1, 0.15) is 6.33 Å². The Morgan fingerprint density at radius 2 is 2.11 bits per heavy atom. The lowest BCUT2D eigenvalue weighted by molar-refractivity contribution is -0.383. The summed E-state index contributed by atoms with van der Waals surface area (Å²) in [4.78, 5) is 18.0. The lowest BCUT2D eigenvalue weighted by Gasteiger charge is -2.25. The summed E-state index contributed by atoms with van der Waals surface area (Å²) >= 11 is 0. The maximum Gasteiger partial charge on any atom is 0.354 e. The normalized spacial score (nSPS) is 11.2. The van der Waals surface area contributed by atoms with Crippen LogP contribution in [-0.4, -0.2) is 33.6 Å².